The van der Waals surface area contributed by atoms with Crippen LogP contribution in [0.5, 0.6) is 0 Å². The average molecular weight is 273 g/mol. The Morgan fingerprint density at radius 3 is 2.70 bits per heavy atom. The van der Waals surface area contributed by atoms with Crippen molar-refractivity contribution in [3.05, 3.63) is 47.1 Å². The fourth-order valence-corrected chi connectivity index (χ4v) is 2.14. The standard InChI is InChI=1S/C16H23N3O/c1-4-17-13(3)7-10-16-18-15(19-20-16)11-14-8-5-12(2)6-9-14/h5-6,8-9,13,17H,4,7,10-11H2,1-3H3. The van der Waals surface area contributed by atoms with Gasteiger partial charge in [0.25, 0.3) is 0 Å². The van der Waals surface area contributed by atoms with Gasteiger partial charge in [0.1, 0.15) is 0 Å². The fourth-order valence-electron chi connectivity index (χ4n) is 2.14. The Kier molecular flexibility index (Phi) is 5.30. The van der Waals surface area contributed by atoms with Gasteiger partial charge >= 0.3 is 0 Å². The van der Waals surface area contributed by atoms with Crippen molar-refractivity contribution < 1.29 is 4.52 Å². The number of aromatic nitrogens is 2. The molecule has 1 N–H and O–H groups in total. The van der Waals surface area contributed by atoms with Gasteiger partial charge in [-0.1, -0.05) is 41.9 Å². The van der Waals surface area contributed by atoms with Crippen molar-refractivity contribution in [1.82, 2.24) is 15.5 Å². The number of rotatable bonds is 7. The van der Waals surface area contributed by atoms with E-state index in [1.165, 1.54) is 11.1 Å². The van der Waals surface area contributed by atoms with Gasteiger partial charge in [-0.3, -0.25) is 0 Å². The highest BCUT2D eigenvalue weighted by atomic mass is 16.5. The molecule has 0 aliphatic carbocycles. The van der Waals surface area contributed by atoms with Crippen LogP contribution in [0, 0.1) is 6.92 Å². The highest BCUT2D eigenvalue weighted by molar-refractivity contribution is 5.23. The van der Waals surface area contributed by atoms with Gasteiger partial charge in [0.15, 0.2) is 5.82 Å². The van der Waals surface area contributed by atoms with Crippen molar-refractivity contribution in [1.29, 1.82) is 0 Å². The summed E-state index contributed by atoms with van der Waals surface area (Å²) in [5.74, 6) is 1.50. The van der Waals surface area contributed by atoms with E-state index in [9.17, 15) is 0 Å². The molecule has 0 fully saturated rings. The molecule has 1 heterocycles. The number of hydrogen-bond donors (Lipinski definition) is 1. The lowest BCUT2D eigenvalue weighted by Crippen LogP contribution is -2.25. The molecule has 2 rings (SSSR count). The van der Waals surface area contributed by atoms with Crippen LogP contribution in [-0.4, -0.2) is 22.7 Å². The van der Waals surface area contributed by atoms with Crippen molar-refractivity contribution in [2.24, 2.45) is 0 Å². The van der Waals surface area contributed by atoms with E-state index in [2.05, 4.69) is 60.5 Å². The number of nitrogens with one attached hydrogen (secondary N) is 1. The van der Waals surface area contributed by atoms with Crippen LogP contribution in [-0.2, 0) is 12.8 Å². The molecular formula is C16H23N3O. The minimum atomic E-state index is 0.479. The third kappa shape index (κ3) is 4.46. The summed E-state index contributed by atoms with van der Waals surface area (Å²) in [5.41, 5.74) is 2.48. The Morgan fingerprint density at radius 1 is 1.25 bits per heavy atom. The zero-order valence-electron chi connectivity index (χ0n) is 12.5. The van der Waals surface area contributed by atoms with Crippen molar-refractivity contribution in [3.8, 4) is 0 Å². The highest BCUT2D eigenvalue weighted by Crippen LogP contribution is 2.10. The van der Waals surface area contributed by atoms with E-state index < -0.39 is 0 Å². The molecule has 0 spiro atoms. The van der Waals surface area contributed by atoms with Crippen LogP contribution in [0.4, 0.5) is 0 Å². The van der Waals surface area contributed by atoms with Crippen LogP contribution in [0.25, 0.3) is 0 Å². The summed E-state index contributed by atoms with van der Waals surface area (Å²) < 4.78 is 5.30. The second kappa shape index (κ2) is 7.20. The zero-order valence-corrected chi connectivity index (χ0v) is 12.5. The molecule has 0 aliphatic rings. The van der Waals surface area contributed by atoms with Crippen LogP contribution < -0.4 is 5.32 Å². The minimum absolute atomic E-state index is 0.479. The van der Waals surface area contributed by atoms with E-state index in [0.717, 1.165) is 37.5 Å². The van der Waals surface area contributed by atoms with Gasteiger partial charge in [-0.25, -0.2) is 0 Å². The second-order valence-electron chi connectivity index (χ2n) is 5.26. The Morgan fingerprint density at radius 2 is 2.00 bits per heavy atom. The molecule has 1 unspecified atom stereocenters. The number of benzene rings is 1. The monoisotopic (exact) mass is 273 g/mol. The molecule has 108 valence electrons. The molecule has 0 saturated heterocycles. The Hall–Kier alpha value is -1.68. The van der Waals surface area contributed by atoms with Gasteiger partial charge in [-0.2, -0.15) is 4.98 Å². The van der Waals surface area contributed by atoms with Crippen LogP contribution in [0.1, 0.15) is 43.1 Å². The van der Waals surface area contributed by atoms with Gasteiger partial charge in [0.05, 0.1) is 0 Å². The van der Waals surface area contributed by atoms with E-state index in [0.29, 0.717) is 6.04 Å². The highest BCUT2D eigenvalue weighted by Gasteiger charge is 2.09. The third-order valence-corrected chi connectivity index (χ3v) is 3.34. The number of hydrogen-bond acceptors (Lipinski definition) is 4. The summed E-state index contributed by atoms with van der Waals surface area (Å²) in [6.07, 6.45) is 2.57. The predicted molar refractivity (Wildman–Crippen MR) is 79.7 cm³/mol. The van der Waals surface area contributed by atoms with E-state index in [4.69, 9.17) is 4.52 Å². The summed E-state index contributed by atoms with van der Waals surface area (Å²) >= 11 is 0. The number of nitrogens with zero attached hydrogens (tertiary/aromatic N) is 2. The van der Waals surface area contributed by atoms with Crippen molar-refractivity contribution in [2.75, 3.05) is 6.54 Å². The van der Waals surface area contributed by atoms with Crippen LogP contribution in [0.3, 0.4) is 0 Å². The lowest BCUT2D eigenvalue weighted by Gasteiger charge is -2.09. The molecule has 1 aromatic carbocycles. The molecule has 0 aliphatic heterocycles. The van der Waals surface area contributed by atoms with Crippen molar-refractivity contribution in [2.45, 2.75) is 46.1 Å². The average Bonchev–Trinajstić information content (AvgIpc) is 2.87. The van der Waals surface area contributed by atoms with Crippen molar-refractivity contribution >= 4 is 0 Å². The smallest absolute Gasteiger partial charge is 0.226 e. The molecule has 1 aromatic heterocycles. The van der Waals surface area contributed by atoms with Crippen LogP contribution >= 0.6 is 0 Å². The maximum atomic E-state index is 5.30. The van der Waals surface area contributed by atoms with E-state index >= 15 is 0 Å². The minimum Gasteiger partial charge on any atom is -0.339 e. The molecule has 1 atom stereocenters. The molecule has 4 heteroatoms. The molecule has 0 saturated carbocycles. The van der Waals surface area contributed by atoms with E-state index in [1.54, 1.807) is 0 Å². The third-order valence-electron chi connectivity index (χ3n) is 3.34. The molecule has 0 amide bonds. The first-order chi connectivity index (χ1) is 9.67. The van der Waals surface area contributed by atoms with Crippen LogP contribution in [0.15, 0.2) is 28.8 Å². The summed E-state index contributed by atoms with van der Waals surface area (Å²) in [6, 6.07) is 8.91. The topological polar surface area (TPSA) is 51.0 Å². The molecule has 0 bridgehead atoms. The first-order valence-corrected chi connectivity index (χ1v) is 7.27. The Balaban J connectivity index is 1.87. The quantitative estimate of drug-likeness (QED) is 0.842. The molecule has 4 nitrogen and oxygen atoms in total. The largest absolute Gasteiger partial charge is 0.339 e. The van der Waals surface area contributed by atoms with Gasteiger partial charge in [0.2, 0.25) is 5.89 Å². The molecule has 0 radical (unpaired) electrons. The summed E-state index contributed by atoms with van der Waals surface area (Å²) in [4.78, 5) is 4.45. The Labute approximate surface area is 120 Å². The first-order valence-electron chi connectivity index (χ1n) is 7.27. The SMILES string of the molecule is CCNC(C)CCc1nc(Cc2ccc(C)cc2)no1. The van der Waals surface area contributed by atoms with Gasteiger partial charge in [0, 0.05) is 18.9 Å². The lowest BCUT2D eigenvalue weighted by atomic mass is 10.1. The summed E-state index contributed by atoms with van der Waals surface area (Å²) in [6.45, 7) is 7.36. The van der Waals surface area contributed by atoms with Crippen LogP contribution in [0.2, 0.25) is 0 Å². The maximum Gasteiger partial charge on any atom is 0.226 e. The summed E-state index contributed by atoms with van der Waals surface area (Å²) in [7, 11) is 0. The van der Waals surface area contributed by atoms with E-state index in [-0.39, 0.29) is 0 Å². The summed E-state index contributed by atoms with van der Waals surface area (Å²) in [5, 5.41) is 7.43. The van der Waals surface area contributed by atoms with Crippen molar-refractivity contribution in [3.63, 3.8) is 0 Å². The molecule has 2 aromatic rings. The van der Waals surface area contributed by atoms with E-state index in [1.807, 2.05) is 0 Å². The number of aryl methyl sites for hydroxylation is 2. The lowest BCUT2D eigenvalue weighted by molar-refractivity contribution is 0.363. The van der Waals surface area contributed by atoms with Gasteiger partial charge < -0.3 is 9.84 Å². The van der Waals surface area contributed by atoms with Gasteiger partial charge in [-0.15, -0.1) is 0 Å². The van der Waals surface area contributed by atoms with Gasteiger partial charge in [-0.05, 0) is 32.4 Å². The Bertz CT molecular complexity index is 519. The fraction of sp³-hybridized carbons (Fsp3) is 0.500. The molecule has 20 heavy (non-hydrogen) atoms. The molecular weight excluding hydrogens is 250 g/mol. The second-order valence-corrected chi connectivity index (χ2v) is 5.26. The zero-order chi connectivity index (χ0) is 14.4. The normalized spacial score (nSPS) is 12.6. The predicted octanol–water partition coefficient (Wildman–Crippen LogP) is 2.90. The first kappa shape index (κ1) is 14.7. The maximum absolute atomic E-state index is 5.30.